The molecule has 126 valence electrons. The standard InChI is InChI=1S/C16H26N2O2S.ClH/c1-5-16(17,6-2)10-18-15(20)8-7-14(19)13-9-11(3)21-12(13)4;/h9H,5-8,10,17H2,1-4H3,(H,18,20);1H. The molecule has 1 heterocycles. The minimum Gasteiger partial charge on any atom is -0.354 e. The summed E-state index contributed by atoms with van der Waals surface area (Å²) in [6.45, 7) is 8.42. The van der Waals surface area contributed by atoms with Gasteiger partial charge < -0.3 is 11.1 Å². The molecule has 0 atom stereocenters. The maximum absolute atomic E-state index is 12.1. The van der Waals surface area contributed by atoms with Crippen molar-refractivity contribution in [1.82, 2.24) is 5.32 Å². The highest BCUT2D eigenvalue weighted by molar-refractivity contribution is 7.12. The van der Waals surface area contributed by atoms with Crippen LogP contribution in [0.25, 0.3) is 0 Å². The number of Topliss-reactive ketones (excluding diaryl/α,β-unsaturated/α-hetero) is 1. The van der Waals surface area contributed by atoms with Crippen LogP contribution >= 0.6 is 23.7 Å². The normalized spacial score (nSPS) is 11.0. The van der Waals surface area contributed by atoms with Crippen LogP contribution in [0.3, 0.4) is 0 Å². The Labute approximate surface area is 143 Å². The third-order valence-corrected chi connectivity index (χ3v) is 4.93. The van der Waals surface area contributed by atoms with Gasteiger partial charge in [-0.3, -0.25) is 9.59 Å². The third-order valence-electron chi connectivity index (χ3n) is 3.97. The van der Waals surface area contributed by atoms with Crippen LogP contribution in [-0.2, 0) is 4.79 Å². The van der Waals surface area contributed by atoms with Crippen molar-refractivity contribution in [3.8, 4) is 0 Å². The summed E-state index contributed by atoms with van der Waals surface area (Å²) in [4.78, 5) is 26.1. The number of nitrogens with two attached hydrogens (primary N) is 1. The summed E-state index contributed by atoms with van der Waals surface area (Å²) in [5.74, 6) is -0.0679. The largest absolute Gasteiger partial charge is 0.354 e. The Morgan fingerprint density at radius 3 is 2.27 bits per heavy atom. The summed E-state index contributed by atoms with van der Waals surface area (Å²) >= 11 is 1.61. The average molecular weight is 347 g/mol. The smallest absolute Gasteiger partial charge is 0.220 e. The molecule has 1 rings (SSSR count). The highest BCUT2D eigenvalue weighted by atomic mass is 35.5. The molecule has 0 radical (unpaired) electrons. The van der Waals surface area contributed by atoms with Crippen LogP contribution in [0, 0.1) is 13.8 Å². The monoisotopic (exact) mass is 346 g/mol. The molecule has 0 saturated carbocycles. The highest BCUT2D eigenvalue weighted by Gasteiger charge is 2.21. The SMILES string of the molecule is CCC(N)(CC)CNC(=O)CCC(=O)c1cc(C)sc1C.Cl. The van der Waals surface area contributed by atoms with Crippen LogP contribution in [0.5, 0.6) is 0 Å². The first-order chi connectivity index (χ1) is 9.81. The Hall–Kier alpha value is -0.910. The van der Waals surface area contributed by atoms with Crippen molar-refractivity contribution in [2.75, 3.05) is 6.54 Å². The fourth-order valence-electron chi connectivity index (χ4n) is 2.13. The molecule has 4 nitrogen and oxygen atoms in total. The molecule has 0 aliphatic heterocycles. The number of aryl methyl sites for hydroxylation is 2. The molecule has 0 fully saturated rings. The van der Waals surface area contributed by atoms with E-state index in [1.807, 2.05) is 33.8 Å². The summed E-state index contributed by atoms with van der Waals surface area (Å²) in [6.07, 6.45) is 2.10. The first kappa shape index (κ1) is 21.1. The number of hydrogen-bond acceptors (Lipinski definition) is 4. The number of carbonyl (C=O) groups is 2. The van der Waals surface area contributed by atoms with Crippen LogP contribution in [0.2, 0.25) is 0 Å². The second-order valence-corrected chi connectivity index (χ2v) is 7.06. The second kappa shape index (κ2) is 9.28. The number of hydrogen-bond donors (Lipinski definition) is 2. The van der Waals surface area contributed by atoms with Gasteiger partial charge in [-0.15, -0.1) is 23.7 Å². The zero-order valence-electron chi connectivity index (χ0n) is 13.8. The first-order valence-electron chi connectivity index (χ1n) is 7.47. The number of ketones is 1. The van der Waals surface area contributed by atoms with Crippen molar-refractivity contribution < 1.29 is 9.59 Å². The van der Waals surface area contributed by atoms with Gasteiger partial charge in [0, 0.05) is 40.2 Å². The van der Waals surface area contributed by atoms with Gasteiger partial charge in [-0.25, -0.2) is 0 Å². The van der Waals surface area contributed by atoms with Gasteiger partial charge in [0.25, 0.3) is 0 Å². The third kappa shape index (κ3) is 6.07. The van der Waals surface area contributed by atoms with E-state index in [-0.39, 0.29) is 42.5 Å². The van der Waals surface area contributed by atoms with Gasteiger partial charge in [0.15, 0.2) is 5.78 Å². The van der Waals surface area contributed by atoms with Crippen molar-refractivity contribution in [1.29, 1.82) is 0 Å². The number of nitrogens with one attached hydrogen (secondary N) is 1. The van der Waals surface area contributed by atoms with E-state index in [4.69, 9.17) is 5.73 Å². The average Bonchev–Trinajstić information content (AvgIpc) is 2.81. The molecule has 0 saturated heterocycles. The van der Waals surface area contributed by atoms with Crippen LogP contribution < -0.4 is 11.1 Å². The molecule has 3 N–H and O–H groups in total. The summed E-state index contributed by atoms with van der Waals surface area (Å²) in [5.41, 5.74) is 6.54. The fraction of sp³-hybridized carbons (Fsp3) is 0.625. The topological polar surface area (TPSA) is 72.2 Å². The first-order valence-corrected chi connectivity index (χ1v) is 8.28. The van der Waals surface area contributed by atoms with Gasteiger partial charge in [0.1, 0.15) is 0 Å². The summed E-state index contributed by atoms with van der Waals surface area (Å²) < 4.78 is 0. The zero-order valence-corrected chi connectivity index (χ0v) is 15.5. The van der Waals surface area contributed by atoms with E-state index in [0.717, 1.165) is 28.2 Å². The highest BCUT2D eigenvalue weighted by Crippen LogP contribution is 2.22. The van der Waals surface area contributed by atoms with Gasteiger partial charge in [-0.05, 0) is 32.8 Å². The fourth-order valence-corrected chi connectivity index (χ4v) is 3.07. The van der Waals surface area contributed by atoms with E-state index >= 15 is 0 Å². The van der Waals surface area contributed by atoms with E-state index in [1.54, 1.807) is 11.3 Å². The lowest BCUT2D eigenvalue weighted by Crippen LogP contribution is -2.49. The van der Waals surface area contributed by atoms with Gasteiger partial charge in [0.05, 0.1) is 0 Å². The molecule has 1 amide bonds. The van der Waals surface area contributed by atoms with E-state index < -0.39 is 0 Å². The lowest BCUT2D eigenvalue weighted by Gasteiger charge is -2.26. The van der Waals surface area contributed by atoms with E-state index in [9.17, 15) is 9.59 Å². The summed E-state index contributed by atoms with van der Waals surface area (Å²) in [6, 6.07) is 1.90. The van der Waals surface area contributed by atoms with Crippen LogP contribution in [0.4, 0.5) is 0 Å². The Morgan fingerprint density at radius 1 is 1.23 bits per heavy atom. The lowest BCUT2D eigenvalue weighted by atomic mass is 9.94. The maximum Gasteiger partial charge on any atom is 0.220 e. The Bertz CT molecular complexity index is 510. The van der Waals surface area contributed by atoms with Crippen LogP contribution in [0.15, 0.2) is 6.07 Å². The van der Waals surface area contributed by atoms with E-state index in [0.29, 0.717) is 6.54 Å². The van der Waals surface area contributed by atoms with E-state index in [1.165, 1.54) is 0 Å². The number of rotatable bonds is 8. The molecule has 0 bridgehead atoms. The minimum absolute atomic E-state index is 0. The summed E-state index contributed by atoms with van der Waals surface area (Å²) in [5, 5.41) is 2.84. The van der Waals surface area contributed by atoms with Crippen molar-refractivity contribution in [2.24, 2.45) is 5.73 Å². The Morgan fingerprint density at radius 2 is 1.82 bits per heavy atom. The number of carbonyl (C=O) groups excluding carboxylic acids is 2. The molecule has 1 aromatic heterocycles. The molecule has 0 aliphatic carbocycles. The van der Waals surface area contributed by atoms with Gasteiger partial charge >= 0.3 is 0 Å². The lowest BCUT2D eigenvalue weighted by molar-refractivity contribution is -0.121. The molecule has 1 aromatic rings. The maximum atomic E-state index is 12.1. The molecule has 0 unspecified atom stereocenters. The van der Waals surface area contributed by atoms with Gasteiger partial charge in [0.2, 0.25) is 5.91 Å². The Balaban J connectivity index is 0.00000441. The number of amides is 1. The van der Waals surface area contributed by atoms with E-state index in [2.05, 4.69) is 5.32 Å². The molecule has 0 aliphatic rings. The molecule has 22 heavy (non-hydrogen) atoms. The van der Waals surface area contributed by atoms with Crippen molar-refractivity contribution >= 4 is 35.4 Å². The predicted molar refractivity (Wildman–Crippen MR) is 95.1 cm³/mol. The zero-order chi connectivity index (χ0) is 16.0. The molecule has 0 aromatic carbocycles. The van der Waals surface area contributed by atoms with Crippen LogP contribution in [0.1, 0.15) is 59.6 Å². The Kier molecular flexibility index (Phi) is 8.89. The van der Waals surface area contributed by atoms with Crippen molar-refractivity contribution in [3.63, 3.8) is 0 Å². The van der Waals surface area contributed by atoms with Crippen LogP contribution in [-0.4, -0.2) is 23.8 Å². The molecular formula is C16H27ClN2O2S. The molecule has 6 heteroatoms. The number of thiophene rings is 1. The molecule has 0 spiro atoms. The second-order valence-electron chi connectivity index (χ2n) is 5.60. The van der Waals surface area contributed by atoms with Crippen molar-refractivity contribution in [3.05, 3.63) is 21.4 Å². The molecular weight excluding hydrogens is 320 g/mol. The van der Waals surface area contributed by atoms with Gasteiger partial charge in [-0.2, -0.15) is 0 Å². The summed E-state index contributed by atoms with van der Waals surface area (Å²) in [7, 11) is 0. The predicted octanol–water partition coefficient (Wildman–Crippen LogP) is 3.38. The van der Waals surface area contributed by atoms with Crippen molar-refractivity contribution in [2.45, 2.75) is 58.9 Å². The minimum atomic E-state index is -0.347. The van der Waals surface area contributed by atoms with Gasteiger partial charge in [-0.1, -0.05) is 13.8 Å². The number of halogens is 1. The quantitative estimate of drug-likeness (QED) is 0.709.